The largest absolute Gasteiger partial charge is 0.390 e. The average molecular weight is 402 g/mol. The van der Waals surface area contributed by atoms with Gasteiger partial charge in [-0.2, -0.15) is 5.10 Å². The van der Waals surface area contributed by atoms with Gasteiger partial charge in [0.1, 0.15) is 17.9 Å². The van der Waals surface area contributed by atoms with Crippen LogP contribution in [0, 0.1) is 0 Å². The standard InChI is InChI=1S/C20H30N6O3/c21-20-16-4-3-15(26(16)23-13-22-20)18-9-17(27)19(29-18)11-25-7-8-28-12-14(25)10-24-5-1-2-6-24/h3-4,13-14,17-19,27H,1-2,5-12H2,(H2,21,22,23)/t14-,17+,18-,19-/m1/s1. The molecule has 5 heterocycles. The molecule has 158 valence electrons. The van der Waals surface area contributed by atoms with Crippen molar-refractivity contribution < 1.29 is 14.6 Å². The molecule has 3 saturated heterocycles. The number of morpholine rings is 1. The zero-order valence-corrected chi connectivity index (χ0v) is 16.7. The number of ether oxygens (including phenoxy) is 2. The summed E-state index contributed by atoms with van der Waals surface area (Å²) < 4.78 is 13.8. The minimum absolute atomic E-state index is 0.204. The highest BCUT2D eigenvalue weighted by molar-refractivity contribution is 5.65. The second kappa shape index (κ2) is 8.16. The molecule has 2 aromatic rings. The van der Waals surface area contributed by atoms with Crippen molar-refractivity contribution >= 4 is 11.3 Å². The Kier molecular flexibility index (Phi) is 5.40. The number of nitrogens with two attached hydrogens (primary N) is 1. The van der Waals surface area contributed by atoms with Crippen molar-refractivity contribution in [2.75, 3.05) is 51.7 Å². The van der Waals surface area contributed by atoms with Crippen molar-refractivity contribution in [1.82, 2.24) is 24.4 Å². The topological polar surface area (TPSA) is 101 Å². The lowest BCUT2D eigenvalue weighted by atomic mass is 10.1. The monoisotopic (exact) mass is 402 g/mol. The van der Waals surface area contributed by atoms with Crippen LogP contribution >= 0.6 is 0 Å². The molecule has 3 N–H and O–H groups in total. The van der Waals surface area contributed by atoms with Gasteiger partial charge >= 0.3 is 0 Å². The first kappa shape index (κ1) is 19.2. The van der Waals surface area contributed by atoms with Crippen LogP contribution in [-0.2, 0) is 9.47 Å². The Morgan fingerprint density at radius 1 is 1.17 bits per heavy atom. The molecule has 2 aromatic heterocycles. The van der Waals surface area contributed by atoms with Crippen LogP contribution in [-0.4, -0.2) is 93.7 Å². The summed E-state index contributed by atoms with van der Waals surface area (Å²) >= 11 is 0. The SMILES string of the molecule is Nc1ncnn2c([C@H]3C[C@H](O)[C@@H](CN4CCOC[C@H]4CN4CCCC4)O3)ccc12. The molecule has 5 rings (SSSR count). The van der Waals surface area contributed by atoms with Gasteiger partial charge < -0.3 is 25.2 Å². The number of aliphatic hydroxyl groups excluding tert-OH is 1. The zero-order valence-electron chi connectivity index (χ0n) is 16.7. The first-order valence-corrected chi connectivity index (χ1v) is 10.6. The predicted octanol–water partition coefficient (Wildman–Crippen LogP) is 0.299. The minimum atomic E-state index is -0.500. The van der Waals surface area contributed by atoms with Gasteiger partial charge in [-0.05, 0) is 38.1 Å². The Bertz CT molecular complexity index is 839. The molecule has 0 bridgehead atoms. The van der Waals surface area contributed by atoms with E-state index in [1.54, 1.807) is 4.52 Å². The van der Waals surface area contributed by atoms with Crippen LogP contribution in [0.3, 0.4) is 0 Å². The average Bonchev–Trinajstić information content (AvgIpc) is 3.45. The molecule has 9 nitrogen and oxygen atoms in total. The molecule has 9 heteroatoms. The molecule has 3 aliphatic rings. The van der Waals surface area contributed by atoms with Gasteiger partial charge in [0.05, 0.1) is 31.1 Å². The zero-order chi connectivity index (χ0) is 19.8. The number of likely N-dealkylation sites (tertiary alicyclic amines) is 1. The summed E-state index contributed by atoms with van der Waals surface area (Å²) in [6.45, 7) is 6.49. The molecule has 29 heavy (non-hydrogen) atoms. The number of aromatic nitrogens is 3. The Morgan fingerprint density at radius 2 is 2.03 bits per heavy atom. The van der Waals surface area contributed by atoms with Crippen LogP contribution in [0.25, 0.3) is 5.52 Å². The summed E-state index contributed by atoms with van der Waals surface area (Å²) in [4.78, 5) is 9.00. The lowest BCUT2D eigenvalue weighted by molar-refractivity contribution is -0.0627. The van der Waals surface area contributed by atoms with E-state index in [0.29, 0.717) is 18.3 Å². The second-order valence-electron chi connectivity index (χ2n) is 8.40. The van der Waals surface area contributed by atoms with Crippen molar-refractivity contribution in [3.63, 3.8) is 0 Å². The second-order valence-corrected chi connectivity index (χ2v) is 8.40. The van der Waals surface area contributed by atoms with Crippen LogP contribution in [0.2, 0.25) is 0 Å². The smallest absolute Gasteiger partial charge is 0.151 e. The van der Waals surface area contributed by atoms with Gasteiger partial charge in [0.25, 0.3) is 0 Å². The van der Waals surface area contributed by atoms with E-state index in [2.05, 4.69) is 19.9 Å². The number of nitrogens with zero attached hydrogens (tertiary/aromatic N) is 5. The van der Waals surface area contributed by atoms with Crippen LogP contribution in [0.15, 0.2) is 18.5 Å². The van der Waals surface area contributed by atoms with E-state index in [1.165, 1.54) is 32.3 Å². The van der Waals surface area contributed by atoms with Gasteiger partial charge in [0, 0.05) is 32.1 Å². The first-order valence-electron chi connectivity index (χ1n) is 10.6. The summed E-state index contributed by atoms with van der Waals surface area (Å²) in [5.74, 6) is 0.444. The van der Waals surface area contributed by atoms with E-state index >= 15 is 0 Å². The lowest BCUT2D eigenvalue weighted by Crippen LogP contribution is -2.53. The number of fused-ring (bicyclic) bond motifs is 1. The fourth-order valence-corrected chi connectivity index (χ4v) is 4.89. The van der Waals surface area contributed by atoms with Crippen molar-refractivity contribution in [1.29, 1.82) is 0 Å². The Hall–Kier alpha value is -1.78. The minimum Gasteiger partial charge on any atom is -0.390 e. The van der Waals surface area contributed by atoms with Gasteiger partial charge in [-0.1, -0.05) is 0 Å². The van der Waals surface area contributed by atoms with Crippen LogP contribution in [0.1, 0.15) is 31.1 Å². The number of aliphatic hydroxyl groups is 1. The van der Waals surface area contributed by atoms with Gasteiger partial charge in [-0.15, -0.1) is 0 Å². The molecule has 0 spiro atoms. The normalized spacial score (nSPS) is 31.8. The van der Waals surface area contributed by atoms with E-state index in [9.17, 15) is 5.11 Å². The molecular weight excluding hydrogens is 372 g/mol. The summed E-state index contributed by atoms with van der Waals surface area (Å²) in [5, 5.41) is 15.0. The van der Waals surface area contributed by atoms with Gasteiger partial charge in [0.2, 0.25) is 0 Å². The molecule has 0 aliphatic carbocycles. The third-order valence-corrected chi connectivity index (χ3v) is 6.50. The molecule has 3 fully saturated rings. The van der Waals surface area contributed by atoms with Gasteiger partial charge in [-0.3, -0.25) is 4.90 Å². The lowest BCUT2D eigenvalue weighted by Gasteiger charge is -2.39. The first-order chi connectivity index (χ1) is 14.2. The maximum atomic E-state index is 10.7. The summed E-state index contributed by atoms with van der Waals surface area (Å²) in [6, 6.07) is 4.23. The van der Waals surface area contributed by atoms with E-state index < -0.39 is 6.10 Å². The molecule has 0 unspecified atom stereocenters. The Balaban J connectivity index is 1.27. The number of rotatable bonds is 5. The molecule has 3 aliphatic heterocycles. The molecule has 4 atom stereocenters. The Labute approximate surface area is 170 Å². The highest BCUT2D eigenvalue weighted by atomic mass is 16.5. The van der Waals surface area contributed by atoms with E-state index in [4.69, 9.17) is 15.2 Å². The number of anilines is 1. The highest BCUT2D eigenvalue weighted by Gasteiger charge is 2.39. The number of hydrogen-bond donors (Lipinski definition) is 2. The maximum absolute atomic E-state index is 10.7. The fourth-order valence-electron chi connectivity index (χ4n) is 4.89. The third kappa shape index (κ3) is 3.85. The maximum Gasteiger partial charge on any atom is 0.151 e. The summed E-state index contributed by atoms with van der Waals surface area (Å²) in [6.07, 6.45) is 3.67. The third-order valence-electron chi connectivity index (χ3n) is 6.50. The van der Waals surface area contributed by atoms with Crippen molar-refractivity contribution in [2.24, 2.45) is 0 Å². The molecule has 0 saturated carbocycles. The van der Waals surface area contributed by atoms with Gasteiger partial charge in [-0.25, -0.2) is 9.50 Å². The molecule has 0 radical (unpaired) electrons. The summed E-state index contributed by atoms with van der Waals surface area (Å²) in [7, 11) is 0. The van der Waals surface area contributed by atoms with Crippen molar-refractivity contribution in [3.05, 3.63) is 24.2 Å². The number of nitrogen functional groups attached to an aromatic ring is 1. The predicted molar refractivity (Wildman–Crippen MR) is 107 cm³/mol. The fraction of sp³-hybridized carbons (Fsp3) is 0.700. The van der Waals surface area contributed by atoms with Crippen LogP contribution in [0.5, 0.6) is 0 Å². The summed E-state index contributed by atoms with van der Waals surface area (Å²) in [5.41, 5.74) is 7.62. The van der Waals surface area contributed by atoms with E-state index in [1.807, 2.05) is 12.1 Å². The van der Waals surface area contributed by atoms with Crippen LogP contribution < -0.4 is 5.73 Å². The quantitative estimate of drug-likeness (QED) is 0.736. The van der Waals surface area contributed by atoms with Crippen molar-refractivity contribution in [2.45, 2.75) is 43.6 Å². The number of hydrogen-bond acceptors (Lipinski definition) is 8. The molecule has 0 amide bonds. The van der Waals surface area contributed by atoms with Crippen LogP contribution in [0.4, 0.5) is 5.82 Å². The highest BCUT2D eigenvalue weighted by Crippen LogP contribution is 2.35. The Morgan fingerprint density at radius 3 is 2.90 bits per heavy atom. The van der Waals surface area contributed by atoms with E-state index in [0.717, 1.165) is 44.1 Å². The molecular formula is C20H30N6O3. The molecule has 0 aromatic carbocycles. The van der Waals surface area contributed by atoms with E-state index in [-0.39, 0.29) is 12.2 Å². The van der Waals surface area contributed by atoms with Crippen molar-refractivity contribution in [3.8, 4) is 0 Å². The van der Waals surface area contributed by atoms with Gasteiger partial charge in [0.15, 0.2) is 5.82 Å².